The van der Waals surface area contributed by atoms with Crippen LogP contribution < -0.4 is 14.8 Å². The number of ether oxygens (including phenoxy) is 2. The first-order chi connectivity index (χ1) is 9.22. The normalized spacial score (nSPS) is 10.1. The van der Waals surface area contributed by atoms with E-state index >= 15 is 0 Å². The van der Waals surface area contributed by atoms with Crippen molar-refractivity contribution in [1.29, 1.82) is 0 Å². The van der Waals surface area contributed by atoms with Crippen molar-refractivity contribution < 1.29 is 9.47 Å². The lowest BCUT2D eigenvalue weighted by atomic mass is 10.2. The van der Waals surface area contributed by atoms with Crippen molar-refractivity contribution in [1.82, 2.24) is 0 Å². The van der Waals surface area contributed by atoms with Gasteiger partial charge in [0.05, 0.1) is 14.2 Å². The maximum Gasteiger partial charge on any atom is 0.162 e. The molecule has 1 N–H and O–H groups in total. The number of halogens is 1. The lowest BCUT2D eigenvalue weighted by Gasteiger charge is -2.11. The summed E-state index contributed by atoms with van der Waals surface area (Å²) in [6.07, 6.45) is 0. The van der Waals surface area contributed by atoms with E-state index in [0.29, 0.717) is 12.3 Å². The highest BCUT2D eigenvalue weighted by Crippen LogP contribution is 2.29. The van der Waals surface area contributed by atoms with Crippen LogP contribution in [0, 0.1) is 0 Å². The van der Waals surface area contributed by atoms with Crippen molar-refractivity contribution in [2.45, 2.75) is 6.54 Å². The van der Waals surface area contributed by atoms with Crippen LogP contribution in [0.4, 0.5) is 5.69 Å². The molecule has 0 fully saturated rings. The van der Waals surface area contributed by atoms with Gasteiger partial charge in [-0.2, -0.15) is 0 Å². The number of anilines is 1. The number of hydrogen-bond donors (Lipinski definition) is 1. The SMILES string of the molecule is COc1ccc(NCc2cccc(Cl)c2)cc1OC. The van der Waals surface area contributed by atoms with Gasteiger partial charge in [-0.15, -0.1) is 0 Å². The minimum atomic E-state index is 0.704. The van der Waals surface area contributed by atoms with E-state index in [1.54, 1.807) is 14.2 Å². The van der Waals surface area contributed by atoms with Crippen LogP contribution in [0.15, 0.2) is 42.5 Å². The lowest BCUT2D eigenvalue weighted by Crippen LogP contribution is -2.00. The van der Waals surface area contributed by atoms with E-state index in [9.17, 15) is 0 Å². The van der Waals surface area contributed by atoms with Crippen LogP contribution in [0.5, 0.6) is 11.5 Å². The zero-order valence-electron chi connectivity index (χ0n) is 10.9. The van der Waals surface area contributed by atoms with Crippen molar-refractivity contribution >= 4 is 17.3 Å². The summed E-state index contributed by atoms with van der Waals surface area (Å²) >= 11 is 5.95. The largest absolute Gasteiger partial charge is 0.493 e. The van der Waals surface area contributed by atoms with E-state index in [0.717, 1.165) is 22.0 Å². The number of methoxy groups -OCH3 is 2. The molecule has 4 heteroatoms. The Morgan fingerprint density at radius 2 is 1.79 bits per heavy atom. The summed E-state index contributed by atoms with van der Waals surface area (Å²) in [5, 5.41) is 4.06. The average Bonchev–Trinajstić information content (AvgIpc) is 2.45. The third-order valence-corrected chi connectivity index (χ3v) is 3.00. The van der Waals surface area contributed by atoms with Gasteiger partial charge >= 0.3 is 0 Å². The van der Waals surface area contributed by atoms with Crippen molar-refractivity contribution in [3.05, 3.63) is 53.1 Å². The maximum absolute atomic E-state index is 5.95. The van der Waals surface area contributed by atoms with Gasteiger partial charge in [0.15, 0.2) is 11.5 Å². The quantitative estimate of drug-likeness (QED) is 0.897. The predicted molar refractivity (Wildman–Crippen MR) is 78.3 cm³/mol. The first-order valence-corrected chi connectivity index (χ1v) is 6.31. The number of nitrogens with one attached hydrogen (secondary N) is 1. The molecule has 3 nitrogen and oxygen atoms in total. The van der Waals surface area contributed by atoms with E-state index in [1.165, 1.54) is 0 Å². The van der Waals surface area contributed by atoms with E-state index in [-0.39, 0.29) is 0 Å². The molecule has 19 heavy (non-hydrogen) atoms. The first-order valence-electron chi connectivity index (χ1n) is 5.93. The summed E-state index contributed by atoms with van der Waals surface area (Å²) in [4.78, 5) is 0. The second-order valence-electron chi connectivity index (χ2n) is 4.05. The summed E-state index contributed by atoms with van der Waals surface area (Å²) in [7, 11) is 3.25. The zero-order valence-corrected chi connectivity index (χ0v) is 11.7. The van der Waals surface area contributed by atoms with Crippen molar-refractivity contribution in [2.24, 2.45) is 0 Å². The van der Waals surface area contributed by atoms with Crippen LogP contribution in [0.3, 0.4) is 0 Å². The smallest absolute Gasteiger partial charge is 0.162 e. The molecule has 0 amide bonds. The molecule has 0 saturated carbocycles. The highest BCUT2D eigenvalue weighted by molar-refractivity contribution is 6.30. The molecule has 2 aromatic rings. The fourth-order valence-corrected chi connectivity index (χ4v) is 2.01. The van der Waals surface area contributed by atoms with E-state index in [1.807, 2.05) is 42.5 Å². The van der Waals surface area contributed by atoms with Crippen molar-refractivity contribution in [3.8, 4) is 11.5 Å². The Labute approximate surface area is 118 Å². The van der Waals surface area contributed by atoms with Crippen LogP contribution in [0.25, 0.3) is 0 Å². The van der Waals surface area contributed by atoms with Crippen LogP contribution in [0.1, 0.15) is 5.56 Å². The molecule has 0 heterocycles. The molecule has 100 valence electrons. The Balaban J connectivity index is 2.07. The molecule has 0 aliphatic heterocycles. The number of rotatable bonds is 5. The monoisotopic (exact) mass is 277 g/mol. The lowest BCUT2D eigenvalue weighted by molar-refractivity contribution is 0.355. The predicted octanol–water partition coefficient (Wildman–Crippen LogP) is 3.97. The van der Waals surface area contributed by atoms with Crippen LogP contribution in [-0.4, -0.2) is 14.2 Å². The van der Waals surface area contributed by atoms with Crippen LogP contribution in [0.2, 0.25) is 5.02 Å². The Morgan fingerprint density at radius 1 is 1.00 bits per heavy atom. The van der Waals surface area contributed by atoms with Gasteiger partial charge in [-0.25, -0.2) is 0 Å². The second-order valence-corrected chi connectivity index (χ2v) is 4.49. The zero-order chi connectivity index (χ0) is 13.7. The fraction of sp³-hybridized carbons (Fsp3) is 0.200. The van der Waals surface area contributed by atoms with E-state index < -0.39 is 0 Å². The third kappa shape index (κ3) is 3.55. The molecule has 0 atom stereocenters. The molecule has 2 rings (SSSR count). The molecule has 0 aromatic heterocycles. The van der Waals surface area contributed by atoms with Gasteiger partial charge < -0.3 is 14.8 Å². The summed E-state index contributed by atoms with van der Waals surface area (Å²) < 4.78 is 10.5. The summed E-state index contributed by atoms with van der Waals surface area (Å²) in [5.74, 6) is 1.43. The van der Waals surface area contributed by atoms with E-state index in [4.69, 9.17) is 21.1 Å². The van der Waals surface area contributed by atoms with Crippen molar-refractivity contribution in [2.75, 3.05) is 19.5 Å². The Bertz CT molecular complexity index is 558. The molecule has 0 bridgehead atoms. The van der Waals surface area contributed by atoms with Gasteiger partial charge in [-0.3, -0.25) is 0 Å². The highest BCUT2D eigenvalue weighted by Gasteiger charge is 2.04. The molecule has 0 radical (unpaired) electrons. The van der Waals surface area contributed by atoms with Gasteiger partial charge in [-0.05, 0) is 29.8 Å². The van der Waals surface area contributed by atoms with Gasteiger partial charge in [0.1, 0.15) is 0 Å². The van der Waals surface area contributed by atoms with Crippen molar-refractivity contribution in [3.63, 3.8) is 0 Å². The average molecular weight is 278 g/mol. The van der Waals surface area contributed by atoms with Gasteiger partial charge in [-0.1, -0.05) is 23.7 Å². The Hall–Kier alpha value is -1.87. The molecular formula is C15H16ClNO2. The fourth-order valence-electron chi connectivity index (χ4n) is 1.80. The molecule has 2 aromatic carbocycles. The van der Waals surface area contributed by atoms with Gasteiger partial charge in [0, 0.05) is 23.3 Å². The molecule has 0 spiro atoms. The van der Waals surface area contributed by atoms with Crippen LogP contribution in [-0.2, 0) is 6.54 Å². The first kappa shape index (κ1) is 13.6. The second kappa shape index (κ2) is 6.34. The molecular weight excluding hydrogens is 262 g/mol. The maximum atomic E-state index is 5.95. The topological polar surface area (TPSA) is 30.5 Å². The molecule has 0 aliphatic rings. The third-order valence-electron chi connectivity index (χ3n) is 2.77. The minimum Gasteiger partial charge on any atom is -0.493 e. The minimum absolute atomic E-state index is 0.704. The standard InChI is InChI=1S/C15H16ClNO2/c1-18-14-7-6-13(9-15(14)19-2)17-10-11-4-3-5-12(16)8-11/h3-9,17H,10H2,1-2H3. The molecule has 0 aliphatic carbocycles. The summed E-state index contributed by atoms with van der Waals surface area (Å²) in [5.41, 5.74) is 2.10. The molecule has 0 unspecified atom stereocenters. The van der Waals surface area contributed by atoms with Gasteiger partial charge in [0.25, 0.3) is 0 Å². The Morgan fingerprint density at radius 3 is 2.47 bits per heavy atom. The Kier molecular flexibility index (Phi) is 4.53. The summed E-state index contributed by atoms with van der Waals surface area (Å²) in [6, 6.07) is 13.5. The van der Waals surface area contributed by atoms with Crippen LogP contribution >= 0.6 is 11.6 Å². The summed E-state index contributed by atoms with van der Waals surface area (Å²) in [6.45, 7) is 0.704. The number of benzene rings is 2. The van der Waals surface area contributed by atoms with Gasteiger partial charge in [0.2, 0.25) is 0 Å². The highest BCUT2D eigenvalue weighted by atomic mass is 35.5. The van der Waals surface area contributed by atoms with E-state index in [2.05, 4.69) is 5.32 Å². The molecule has 0 saturated heterocycles. The number of hydrogen-bond acceptors (Lipinski definition) is 3.